The lowest BCUT2D eigenvalue weighted by molar-refractivity contribution is 0.981. The minimum Gasteiger partial charge on any atom is -0.0667 e. The molecule has 92 valence electrons. The van der Waals surface area contributed by atoms with Gasteiger partial charge >= 0.3 is 0 Å². The standard InChI is InChI=1S/C19H13B/c1-4-10-16-13(7-1)19-14-8-2-5-11-17(14)20(16)18-12-6-3-9-15(18)19/h1-12,19H. The molecule has 0 aromatic heterocycles. The quantitative estimate of drug-likeness (QED) is 0.370. The van der Waals surface area contributed by atoms with Gasteiger partial charge in [0.15, 0.2) is 0 Å². The number of hydrogen-bond acceptors (Lipinski definition) is 0. The zero-order valence-corrected chi connectivity index (χ0v) is 11.1. The molecule has 3 aliphatic rings. The zero-order valence-electron chi connectivity index (χ0n) is 11.1. The third-order valence-electron chi connectivity index (χ3n) is 4.85. The number of hydrogen-bond donors (Lipinski definition) is 0. The summed E-state index contributed by atoms with van der Waals surface area (Å²) in [5.74, 6) is 0.420. The van der Waals surface area contributed by atoms with Crippen molar-refractivity contribution < 1.29 is 0 Å². The van der Waals surface area contributed by atoms with Gasteiger partial charge in [-0.3, -0.25) is 0 Å². The predicted octanol–water partition coefficient (Wildman–Crippen LogP) is 2.01. The molecule has 0 fully saturated rings. The largest absolute Gasteiger partial charge is 0.242 e. The van der Waals surface area contributed by atoms with Gasteiger partial charge in [0.25, 0.3) is 0 Å². The van der Waals surface area contributed by atoms with E-state index < -0.39 is 0 Å². The highest BCUT2D eigenvalue weighted by Crippen LogP contribution is 2.36. The molecule has 2 bridgehead atoms. The monoisotopic (exact) mass is 252 g/mol. The minimum atomic E-state index is 0.420. The minimum absolute atomic E-state index is 0.420. The molecule has 0 atom stereocenters. The van der Waals surface area contributed by atoms with Crippen LogP contribution in [0.5, 0.6) is 0 Å². The van der Waals surface area contributed by atoms with E-state index >= 15 is 0 Å². The molecule has 3 heterocycles. The van der Waals surface area contributed by atoms with Gasteiger partial charge in [-0.15, -0.1) is 0 Å². The molecular weight excluding hydrogens is 239 g/mol. The van der Waals surface area contributed by atoms with Gasteiger partial charge in [-0.05, 0) is 16.7 Å². The second-order valence-electron chi connectivity index (χ2n) is 5.75. The van der Waals surface area contributed by atoms with Gasteiger partial charge in [0.1, 0.15) is 0 Å². The summed E-state index contributed by atoms with van der Waals surface area (Å²) in [5, 5.41) is 0. The Morgan fingerprint density at radius 1 is 0.500 bits per heavy atom. The van der Waals surface area contributed by atoms with Crippen LogP contribution in [0.4, 0.5) is 0 Å². The van der Waals surface area contributed by atoms with E-state index in [4.69, 9.17) is 0 Å². The molecular formula is C19H13B. The molecule has 1 heteroatoms. The molecule has 0 radical (unpaired) electrons. The molecule has 3 aliphatic heterocycles. The summed E-state index contributed by atoms with van der Waals surface area (Å²) in [6, 6.07) is 26.9. The van der Waals surface area contributed by atoms with E-state index in [1.54, 1.807) is 0 Å². The van der Waals surface area contributed by atoms with E-state index in [0.717, 1.165) is 0 Å². The summed E-state index contributed by atoms with van der Waals surface area (Å²) in [7, 11) is 0. The molecule has 0 saturated carbocycles. The molecule has 20 heavy (non-hydrogen) atoms. The highest BCUT2D eigenvalue weighted by molar-refractivity contribution is 6.97. The molecule has 3 aromatic carbocycles. The van der Waals surface area contributed by atoms with Crippen LogP contribution in [-0.4, -0.2) is 6.71 Å². The number of benzene rings is 3. The van der Waals surface area contributed by atoms with Gasteiger partial charge in [0, 0.05) is 5.92 Å². The van der Waals surface area contributed by atoms with Crippen LogP contribution >= 0.6 is 0 Å². The fourth-order valence-corrected chi connectivity index (χ4v) is 4.12. The smallest absolute Gasteiger partial charge is 0.0667 e. The third kappa shape index (κ3) is 1.14. The Hall–Kier alpha value is -2.28. The number of rotatable bonds is 0. The Bertz CT molecular complexity index is 653. The van der Waals surface area contributed by atoms with Gasteiger partial charge in [-0.2, -0.15) is 0 Å². The Balaban J connectivity index is 1.93. The summed E-state index contributed by atoms with van der Waals surface area (Å²) < 4.78 is 0. The van der Waals surface area contributed by atoms with Gasteiger partial charge in [-0.1, -0.05) is 89.2 Å². The van der Waals surface area contributed by atoms with E-state index in [0.29, 0.717) is 12.6 Å². The summed E-state index contributed by atoms with van der Waals surface area (Å²) in [4.78, 5) is 0. The average Bonchev–Trinajstić information content (AvgIpc) is 2.54. The summed E-state index contributed by atoms with van der Waals surface area (Å²) >= 11 is 0. The molecule has 0 amide bonds. The summed E-state index contributed by atoms with van der Waals surface area (Å²) in [5.41, 5.74) is 8.97. The Morgan fingerprint density at radius 3 is 1.25 bits per heavy atom. The predicted molar refractivity (Wildman–Crippen MR) is 84.9 cm³/mol. The van der Waals surface area contributed by atoms with Crippen LogP contribution in [0.15, 0.2) is 72.8 Å². The first kappa shape index (κ1) is 10.5. The first-order chi connectivity index (χ1) is 9.95. The highest BCUT2D eigenvalue weighted by atomic mass is 14.3. The maximum Gasteiger partial charge on any atom is 0.242 e. The molecule has 0 saturated heterocycles. The van der Waals surface area contributed by atoms with Gasteiger partial charge in [0.2, 0.25) is 6.71 Å². The van der Waals surface area contributed by atoms with Gasteiger partial charge in [-0.25, -0.2) is 0 Å². The Kier molecular flexibility index (Phi) is 1.91. The van der Waals surface area contributed by atoms with E-state index in [1.165, 1.54) is 33.1 Å². The Labute approximate surface area is 119 Å². The van der Waals surface area contributed by atoms with Crippen LogP contribution < -0.4 is 16.4 Å². The van der Waals surface area contributed by atoms with E-state index in [-0.39, 0.29) is 0 Å². The molecule has 0 spiro atoms. The van der Waals surface area contributed by atoms with Crippen molar-refractivity contribution in [1.29, 1.82) is 0 Å². The van der Waals surface area contributed by atoms with Crippen LogP contribution in [0.1, 0.15) is 22.6 Å². The maximum absolute atomic E-state index is 2.30. The van der Waals surface area contributed by atoms with E-state index in [1.807, 2.05) is 0 Å². The average molecular weight is 252 g/mol. The van der Waals surface area contributed by atoms with Gasteiger partial charge in [0.05, 0.1) is 0 Å². The lowest BCUT2D eigenvalue weighted by Crippen LogP contribution is -2.63. The second-order valence-corrected chi connectivity index (χ2v) is 5.75. The third-order valence-corrected chi connectivity index (χ3v) is 4.85. The van der Waals surface area contributed by atoms with Crippen molar-refractivity contribution >= 4 is 23.1 Å². The van der Waals surface area contributed by atoms with Crippen LogP contribution in [0, 0.1) is 0 Å². The summed E-state index contributed by atoms with van der Waals surface area (Å²) in [6.07, 6.45) is 0. The molecule has 0 N–H and O–H groups in total. The maximum atomic E-state index is 2.30. The summed E-state index contributed by atoms with van der Waals surface area (Å²) in [6.45, 7) is 0.420. The molecule has 6 rings (SSSR count). The van der Waals surface area contributed by atoms with Crippen molar-refractivity contribution in [2.45, 2.75) is 5.92 Å². The molecule has 3 aromatic rings. The lowest BCUT2D eigenvalue weighted by Gasteiger charge is -2.40. The van der Waals surface area contributed by atoms with E-state index in [9.17, 15) is 0 Å². The van der Waals surface area contributed by atoms with Crippen LogP contribution in [0.2, 0.25) is 0 Å². The molecule has 0 aliphatic carbocycles. The molecule has 0 unspecified atom stereocenters. The second kappa shape index (κ2) is 3.64. The topological polar surface area (TPSA) is 0 Å². The van der Waals surface area contributed by atoms with Crippen molar-refractivity contribution in [1.82, 2.24) is 0 Å². The van der Waals surface area contributed by atoms with Crippen LogP contribution in [0.3, 0.4) is 0 Å². The van der Waals surface area contributed by atoms with Crippen molar-refractivity contribution in [3.63, 3.8) is 0 Å². The fraction of sp³-hybridized carbons (Fsp3) is 0.0526. The first-order valence-corrected chi connectivity index (χ1v) is 7.21. The first-order valence-electron chi connectivity index (χ1n) is 7.21. The zero-order chi connectivity index (χ0) is 13.1. The van der Waals surface area contributed by atoms with Crippen LogP contribution in [0.25, 0.3) is 0 Å². The van der Waals surface area contributed by atoms with Crippen molar-refractivity contribution in [3.8, 4) is 0 Å². The van der Waals surface area contributed by atoms with Gasteiger partial charge < -0.3 is 0 Å². The SMILES string of the molecule is c1ccc2c(c1)B1c3ccccc3C2c2ccccc21. The van der Waals surface area contributed by atoms with Crippen molar-refractivity contribution in [2.24, 2.45) is 0 Å². The highest BCUT2D eigenvalue weighted by Gasteiger charge is 2.42. The van der Waals surface area contributed by atoms with Crippen molar-refractivity contribution in [3.05, 3.63) is 89.5 Å². The Morgan fingerprint density at radius 2 is 0.850 bits per heavy atom. The molecule has 0 nitrogen and oxygen atoms in total. The van der Waals surface area contributed by atoms with Crippen LogP contribution in [-0.2, 0) is 0 Å². The van der Waals surface area contributed by atoms with Crippen molar-refractivity contribution in [2.75, 3.05) is 0 Å². The van der Waals surface area contributed by atoms with E-state index in [2.05, 4.69) is 72.8 Å². The normalized spacial score (nSPS) is 14.7. The lowest BCUT2D eigenvalue weighted by atomic mass is 9.28. The fourth-order valence-electron chi connectivity index (χ4n) is 4.12.